The summed E-state index contributed by atoms with van der Waals surface area (Å²) < 4.78 is 20.5. The zero-order valence-electron chi connectivity index (χ0n) is 10.1. The van der Waals surface area contributed by atoms with Crippen LogP contribution in [0.15, 0.2) is 0 Å². The molecule has 0 spiro atoms. The summed E-state index contributed by atoms with van der Waals surface area (Å²) in [5.74, 6) is -1.05. The Morgan fingerprint density at radius 3 is 2.19 bits per heavy atom. The third-order valence-corrected chi connectivity index (χ3v) is 2.57. The molecule has 0 radical (unpaired) electrons. The van der Waals surface area contributed by atoms with Crippen molar-refractivity contribution in [3.05, 3.63) is 0 Å². The van der Waals surface area contributed by atoms with Crippen LogP contribution >= 0.6 is 0 Å². The predicted octanol–water partition coefficient (Wildman–Crippen LogP) is 0.640. The highest BCUT2D eigenvalue weighted by Gasteiger charge is 2.18. The maximum atomic E-state index is 11.1. The van der Waals surface area contributed by atoms with Crippen LogP contribution in [-0.4, -0.2) is 39.9 Å². The molecule has 0 rings (SSSR count). The first kappa shape index (κ1) is 15.1. The molecule has 0 saturated heterocycles. The SMILES string of the molecule is CC[S@](=O)CC(=O)OCC(=O)OC(C)(C)C. The van der Waals surface area contributed by atoms with Crippen LogP contribution in [0.25, 0.3) is 0 Å². The summed E-state index contributed by atoms with van der Waals surface area (Å²) in [6, 6.07) is 0. The van der Waals surface area contributed by atoms with Gasteiger partial charge in [-0.3, -0.25) is 9.00 Å². The van der Waals surface area contributed by atoms with Gasteiger partial charge in [-0.25, -0.2) is 4.79 Å². The summed E-state index contributed by atoms with van der Waals surface area (Å²) in [5, 5.41) is 0. The van der Waals surface area contributed by atoms with Crippen molar-refractivity contribution in [1.82, 2.24) is 0 Å². The second-order valence-electron chi connectivity index (χ2n) is 4.12. The van der Waals surface area contributed by atoms with Crippen molar-refractivity contribution >= 4 is 22.7 Å². The lowest BCUT2D eigenvalue weighted by molar-refractivity contribution is -0.165. The summed E-state index contributed by atoms with van der Waals surface area (Å²) in [7, 11) is -1.22. The highest BCUT2D eigenvalue weighted by Crippen LogP contribution is 2.06. The van der Waals surface area contributed by atoms with Crippen LogP contribution in [0, 0.1) is 0 Å². The molecule has 0 saturated carbocycles. The molecule has 0 amide bonds. The maximum Gasteiger partial charge on any atom is 0.344 e. The molecule has 0 unspecified atom stereocenters. The van der Waals surface area contributed by atoms with Crippen molar-refractivity contribution in [2.45, 2.75) is 33.3 Å². The van der Waals surface area contributed by atoms with Crippen LogP contribution in [0.1, 0.15) is 27.7 Å². The molecule has 0 aliphatic carbocycles. The van der Waals surface area contributed by atoms with Gasteiger partial charge in [-0.1, -0.05) is 6.92 Å². The minimum Gasteiger partial charge on any atom is -0.457 e. The molecule has 0 aliphatic rings. The van der Waals surface area contributed by atoms with Crippen molar-refractivity contribution in [3.63, 3.8) is 0 Å². The number of hydrogen-bond acceptors (Lipinski definition) is 5. The molecule has 16 heavy (non-hydrogen) atoms. The lowest BCUT2D eigenvalue weighted by Crippen LogP contribution is -2.28. The molecular weight excluding hydrogens is 232 g/mol. The van der Waals surface area contributed by atoms with E-state index < -0.39 is 34.9 Å². The fourth-order valence-electron chi connectivity index (χ4n) is 0.786. The van der Waals surface area contributed by atoms with Crippen LogP contribution in [0.4, 0.5) is 0 Å². The average molecular weight is 250 g/mol. The van der Waals surface area contributed by atoms with E-state index in [1.807, 2.05) is 0 Å². The number of ether oxygens (including phenoxy) is 2. The van der Waals surface area contributed by atoms with Gasteiger partial charge in [-0.05, 0) is 20.8 Å². The fourth-order valence-corrected chi connectivity index (χ4v) is 1.34. The Kier molecular flexibility index (Phi) is 6.25. The molecule has 0 bridgehead atoms. The van der Waals surface area contributed by atoms with E-state index >= 15 is 0 Å². The Bertz CT molecular complexity index is 279. The predicted molar refractivity (Wildman–Crippen MR) is 60.4 cm³/mol. The van der Waals surface area contributed by atoms with Crippen molar-refractivity contribution in [2.75, 3.05) is 18.1 Å². The number of hydrogen-bond donors (Lipinski definition) is 0. The lowest BCUT2D eigenvalue weighted by atomic mass is 10.2. The third-order valence-electron chi connectivity index (χ3n) is 1.37. The first-order valence-electron chi connectivity index (χ1n) is 4.97. The molecule has 0 heterocycles. The Balaban J connectivity index is 3.84. The zero-order chi connectivity index (χ0) is 12.8. The average Bonchev–Trinajstić information content (AvgIpc) is 2.12. The van der Waals surface area contributed by atoms with Crippen LogP contribution < -0.4 is 0 Å². The number of carbonyl (C=O) groups is 2. The van der Waals surface area contributed by atoms with Gasteiger partial charge in [0.1, 0.15) is 11.4 Å². The van der Waals surface area contributed by atoms with Crippen LogP contribution in [-0.2, 0) is 29.9 Å². The number of esters is 2. The molecule has 6 heteroatoms. The zero-order valence-corrected chi connectivity index (χ0v) is 10.9. The van der Waals surface area contributed by atoms with Crippen molar-refractivity contribution < 1.29 is 23.3 Å². The quantitative estimate of drug-likeness (QED) is 0.670. The van der Waals surface area contributed by atoms with Crippen molar-refractivity contribution in [2.24, 2.45) is 0 Å². The molecule has 0 aromatic carbocycles. The second kappa shape index (κ2) is 6.62. The minimum absolute atomic E-state index is 0.181. The normalized spacial score (nSPS) is 13.0. The molecule has 5 nitrogen and oxygen atoms in total. The van der Waals surface area contributed by atoms with E-state index in [9.17, 15) is 13.8 Å². The Morgan fingerprint density at radius 1 is 1.19 bits per heavy atom. The molecule has 0 fully saturated rings. The fraction of sp³-hybridized carbons (Fsp3) is 0.800. The van der Waals surface area contributed by atoms with Gasteiger partial charge < -0.3 is 9.47 Å². The summed E-state index contributed by atoms with van der Waals surface area (Å²) in [6.45, 7) is 6.44. The monoisotopic (exact) mass is 250 g/mol. The van der Waals surface area contributed by atoms with Gasteiger partial charge in [0.05, 0.1) is 0 Å². The van der Waals surface area contributed by atoms with Gasteiger partial charge in [0.25, 0.3) is 0 Å². The van der Waals surface area contributed by atoms with Crippen LogP contribution in [0.2, 0.25) is 0 Å². The molecule has 0 N–H and O–H groups in total. The summed E-state index contributed by atoms with van der Waals surface area (Å²) >= 11 is 0. The van der Waals surface area contributed by atoms with Gasteiger partial charge in [0.2, 0.25) is 0 Å². The van der Waals surface area contributed by atoms with Crippen molar-refractivity contribution in [3.8, 4) is 0 Å². The van der Waals surface area contributed by atoms with E-state index in [1.165, 1.54) is 0 Å². The minimum atomic E-state index is -1.22. The summed E-state index contributed by atoms with van der Waals surface area (Å²) in [4.78, 5) is 22.2. The first-order chi connectivity index (χ1) is 7.24. The number of carbonyl (C=O) groups excluding carboxylic acids is 2. The molecular formula is C10H18O5S. The van der Waals surface area contributed by atoms with Crippen LogP contribution in [0.5, 0.6) is 0 Å². The lowest BCUT2D eigenvalue weighted by Gasteiger charge is -2.19. The molecule has 0 aromatic heterocycles. The Labute approximate surface area is 97.9 Å². The van der Waals surface area contributed by atoms with Gasteiger partial charge in [0, 0.05) is 16.6 Å². The van der Waals surface area contributed by atoms with E-state index in [0.29, 0.717) is 5.75 Å². The Hall–Kier alpha value is -0.910. The molecule has 1 atom stereocenters. The maximum absolute atomic E-state index is 11.1. The first-order valence-corrected chi connectivity index (χ1v) is 6.46. The summed E-state index contributed by atoms with van der Waals surface area (Å²) in [6.07, 6.45) is 0. The van der Waals surface area contributed by atoms with Gasteiger partial charge in [-0.15, -0.1) is 0 Å². The Morgan fingerprint density at radius 2 is 1.75 bits per heavy atom. The van der Waals surface area contributed by atoms with Crippen molar-refractivity contribution in [1.29, 1.82) is 0 Å². The van der Waals surface area contributed by atoms with E-state index in [4.69, 9.17) is 4.74 Å². The topological polar surface area (TPSA) is 69.7 Å². The largest absolute Gasteiger partial charge is 0.457 e. The highest BCUT2D eigenvalue weighted by atomic mass is 32.2. The molecule has 94 valence electrons. The highest BCUT2D eigenvalue weighted by molar-refractivity contribution is 7.85. The van der Waals surface area contributed by atoms with Gasteiger partial charge >= 0.3 is 11.9 Å². The van der Waals surface area contributed by atoms with Crippen LogP contribution in [0.3, 0.4) is 0 Å². The standard InChI is InChI=1S/C10H18O5S/c1-5-16(13)7-9(12)14-6-8(11)15-10(2,3)4/h5-7H2,1-4H3/t16-/m0/s1. The smallest absolute Gasteiger partial charge is 0.344 e. The van der Waals surface area contributed by atoms with E-state index in [-0.39, 0.29) is 5.75 Å². The molecule has 0 aromatic rings. The van der Waals surface area contributed by atoms with Gasteiger partial charge in [-0.2, -0.15) is 0 Å². The third kappa shape index (κ3) is 8.40. The van der Waals surface area contributed by atoms with Gasteiger partial charge in [0.15, 0.2) is 6.61 Å². The van der Waals surface area contributed by atoms with E-state index in [0.717, 1.165) is 0 Å². The summed E-state index contributed by atoms with van der Waals surface area (Å²) in [5.41, 5.74) is -0.601. The second-order valence-corrected chi connectivity index (χ2v) is 5.87. The van der Waals surface area contributed by atoms with E-state index in [2.05, 4.69) is 4.74 Å². The van der Waals surface area contributed by atoms with E-state index in [1.54, 1.807) is 27.7 Å². The molecule has 0 aliphatic heterocycles. The number of rotatable bonds is 5.